The Kier molecular flexibility index (Phi) is 4.64. The van der Waals surface area contributed by atoms with Crippen molar-refractivity contribution in [1.82, 2.24) is 15.1 Å². The van der Waals surface area contributed by atoms with Crippen LogP contribution in [0.1, 0.15) is 48.3 Å². The van der Waals surface area contributed by atoms with Crippen LogP contribution in [0.5, 0.6) is 0 Å². The molecule has 9 heteroatoms. The first kappa shape index (κ1) is 18.2. The van der Waals surface area contributed by atoms with Gasteiger partial charge in [-0.2, -0.15) is 18.3 Å². The summed E-state index contributed by atoms with van der Waals surface area (Å²) in [5, 5.41) is 9.39. The quantitative estimate of drug-likeness (QED) is 0.808. The van der Waals surface area contributed by atoms with E-state index < -0.39 is 30.0 Å². The summed E-state index contributed by atoms with van der Waals surface area (Å²) >= 11 is 0. The minimum Gasteiger partial charge on any atom is -0.363 e. The molecule has 0 saturated carbocycles. The van der Waals surface area contributed by atoms with Crippen LogP contribution >= 0.6 is 0 Å². The van der Waals surface area contributed by atoms with Gasteiger partial charge in [0.15, 0.2) is 6.04 Å². The summed E-state index contributed by atoms with van der Waals surface area (Å²) in [5.74, 6) is -0.973. The number of carbonyl (C=O) groups excluding carboxylic acids is 1. The van der Waals surface area contributed by atoms with Crippen molar-refractivity contribution in [3.05, 3.63) is 47.4 Å². The molecular formula is C17H18F4N4O. The van der Waals surface area contributed by atoms with E-state index in [0.29, 0.717) is 5.56 Å². The summed E-state index contributed by atoms with van der Waals surface area (Å²) < 4.78 is 54.6. The van der Waals surface area contributed by atoms with E-state index in [-0.39, 0.29) is 23.8 Å². The number of hydrogen-bond acceptors (Lipinski definition) is 3. The molecule has 3 rings (SSSR count). The molecule has 0 bridgehead atoms. The van der Waals surface area contributed by atoms with Gasteiger partial charge in [0.1, 0.15) is 17.2 Å². The van der Waals surface area contributed by atoms with Crippen LogP contribution in [0.15, 0.2) is 30.5 Å². The zero-order valence-electron chi connectivity index (χ0n) is 14.1. The van der Waals surface area contributed by atoms with Crippen LogP contribution < -0.4 is 10.6 Å². The SMILES string of the molecule is CC(C)NC(=O)c1cnn2c1N[C@@H](c1ccc(F)cc1)C[C@@H]2C(F)(F)F. The lowest BCUT2D eigenvalue weighted by atomic mass is 9.96. The molecule has 1 amide bonds. The summed E-state index contributed by atoms with van der Waals surface area (Å²) in [4.78, 5) is 12.3. The molecule has 1 aromatic heterocycles. The molecule has 2 N–H and O–H groups in total. The Morgan fingerprint density at radius 2 is 1.96 bits per heavy atom. The second-order valence-electron chi connectivity index (χ2n) is 6.52. The van der Waals surface area contributed by atoms with Gasteiger partial charge >= 0.3 is 6.18 Å². The summed E-state index contributed by atoms with van der Waals surface area (Å²) in [6.07, 6.45) is -3.71. The topological polar surface area (TPSA) is 59.0 Å². The molecule has 0 radical (unpaired) electrons. The lowest BCUT2D eigenvalue weighted by Crippen LogP contribution is -2.37. The van der Waals surface area contributed by atoms with E-state index in [0.717, 1.165) is 10.9 Å². The summed E-state index contributed by atoms with van der Waals surface area (Å²) in [7, 11) is 0. The van der Waals surface area contributed by atoms with Crippen molar-refractivity contribution in [2.45, 2.75) is 44.6 Å². The maximum absolute atomic E-state index is 13.5. The van der Waals surface area contributed by atoms with Gasteiger partial charge in [-0.1, -0.05) is 12.1 Å². The van der Waals surface area contributed by atoms with Crippen LogP contribution in [0.3, 0.4) is 0 Å². The molecule has 0 spiro atoms. The molecule has 2 atom stereocenters. The fraction of sp³-hybridized carbons (Fsp3) is 0.412. The first-order chi connectivity index (χ1) is 12.2. The average molecular weight is 370 g/mol. The Balaban J connectivity index is 2.01. The number of benzene rings is 1. The van der Waals surface area contributed by atoms with Crippen LogP contribution in [-0.2, 0) is 0 Å². The van der Waals surface area contributed by atoms with Crippen molar-refractivity contribution in [1.29, 1.82) is 0 Å². The Morgan fingerprint density at radius 1 is 1.31 bits per heavy atom. The number of fused-ring (bicyclic) bond motifs is 1. The van der Waals surface area contributed by atoms with E-state index in [1.54, 1.807) is 13.8 Å². The molecule has 2 heterocycles. The fourth-order valence-electron chi connectivity index (χ4n) is 2.98. The van der Waals surface area contributed by atoms with Crippen molar-refractivity contribution in [2.75, 3.05) is 5.32 Å². The molecule has 1 aliphatic rings. The van der Waals surface area contributed by atoms with E-state index in [4.69, 9.17) is 0 Å². The van der Waals surface area contributed by atoms with Crippen molar-refractivity contribution < 1.29 is 22.4 Å². The molecule has 5 nitrogen and oxygen atoms in total. The van der Waals surface area contributed by atoms with Crippen molar-refractivity contribution in [2.24, 2.45) is 0 Å². The number of aromatic nitrogens is 2. The molecular weight excluding hydrogens is 352 g/mol. The molecule has 1 aliphatic heterocycles. The van der Waals surface area contributed by atoms with Gasteiger partial charge in [0.05, 0.1) is 12.2 Å². The highest BCUT2D eigenvalue weighted by Gasteiger charge is 2.47. The van der Waals surface area contributed by atoms with Crippen LogP contribution in [0.2, 0.25) is 0 Å². The van der Waals surface area contributed by atoms with E-state index in [2.05, 4.69) is 15.7 Å². The highest BCUT2D eigenvalue weighted by Crippen LogP contribution is 2.44. The molecule has 1 aromatic carbocycles. The average Bonchev–Trinajstić information content (AvgIpc) is 2.97. The fourth-order valence-corrected chi connectivity index (χ4v) is 2.98. The Labute approximate surface area is 147 Å². The minimum absolute atomic E-state index is 0.00560. The van der Waals surface area contributed by atoms with Gasteiger partial charge < -0.3 is 10.6 Å². The third-order valence-corrected chi connectivity index (χ3v) is 4.18. The highest BCUT2D eigenvalue weighted by molar-refractivity contribution is 5.99. The van der Waals surface area contributed by atoms with Gasteiger partial charge in [0, 0.05) is 12.5 Å². The zero-order chi connectivity index (χ0) is 19.1. The standard InChI is InChI=1S/C17H18F4N4O/c1-9(2)23-16(26)12-8-22-25-14(17(19,20)21)7-13(24-15(12)25)10-3-5-11(18)6-4-10/h3-6,8-9,13-14,24H,7H2,1-2H3,(H,23,26)/t13-,14-/m1/s1. The number of anilines is 1. The Hall–Kier alpha value is -2.58. The molecule has 2 aromatic rings. The van der Waals surface area contributed by atoms with E-state index in [1.807, 2.05) is 0 Å². The van der Waals surface area contributed by atoms with Gasteiger partial charge in [0.2, 0.25) is 0 Å². The maximum atomic E-state index is 13.5. The number of nitrogens with one attached hydrogen (secondary N) is 2. The second kappa shape index (κ2) is 6.62. The molecule has 140 valence electrons. The number of amides is 1. The molecule has 26 heavy (non-hydrogen) atoms. The molecule has 0 aliphatic carbocycles. The van der Waals surface area contributed by atoms with Gasteiger partial charge in [-0.3, -0.25) is 4.79 Å². The maximum Gasteiger partial charge on any atom is 0.410 e. The van der Waals surface area contributed by atoms with Gasteiger partial charge in [0.25, 0.3) is 5.91 Å². The number of carbonyl (C=O) groups is 1. The van der Waals surface area contributed by atoms with Crippen molar-refractivity contribution >= 4 is 11.7 Å². The smallest absolute Gasteiger partial charge is 0.363 e. The summed E-state index contributed by atoms with van der Waals surface area (Å²) in [5.41, 5.74) is 0.545. The Bertz CT molecular complexity index is 798. The van der Waals surface area contributed by atoms with Gasteiger partial charge in [-0.25, -0.2) is 9.07 Å². The highest BCUT2D eigenvalue weighted by atomic mass is 19.4. The predicted molar refractivity (Wildman–Crippen MR) is 87.3 cm³/mol. The number of rotatable bonds is 3. The summed E-state index contributed by atoms with van der Waals surface area (Å²) in [6, 6.07) is 2.47. The molecule has 0 fully saturated rings. The first-order valence-electron chi connectivity index (χ1n) is 8.14. The van der Waals surface area contributed by atoms with Gasteiger partial charge in [-0.05, 0) is 31.5 Å². The normalized spacial score (nSPS) is 19.8. The predicted octanol–water partition coefficient (Wildman–Crippen LogP) is 3.82. The number of nitrogens with zero attached hydrogens (tertiary/aromatic N) is 2. The second-order valence-corrected chi connectivity index (χ2v) is 6.52. The third-order valence-electron chi connectivity index (χ3n) is 4.18. The van der Waals surface area contributed by atoms with E-state index in [9.17, 15) is 22.4 Å². The lowest BCUT2D eigenvalue weighted by molar-refractivity contribution is -0.173. The number of alkyl halides is 3. The van der Waals surface area contributed by atoms with E-state index >= 15 is 0 Å². The Morgan fingerprint density at radius 3 is 2.54 bits per heavy atom. The van der Waals surface area contributed by atoms with Crippen LogP contribution in [0.25, 0.3) is 0 Å². The van der Waals surface area contributed by atoms with Crippen LogP contribution in [-0.4, -0.2) is 27.9 Å². The molecule has 0 unspecified atom stereocenters. The van der Waals surface area contributed by atoms with E-state index in [1.165, 1.54) is 24.3 Å². The summed E-state index contributed by atoms with van der Waals surface area (Å²) in [6.45, 7) is 3.50. The van der Waals surface area contributed by atoms with Crippen molar-refractivity contribution in [3.8, 4) is 0 Å². The van der Waals surface area contributed by atoms with Crippen molar-refractivity contribution in [3.63, 3.8) is 0 Å². The van der Waals surface area contributed by atoms with Crippen LogP contribution in [0, 0.1) is 5.82 Å². The lowest BCUT2D eigenvalue weighted by Gasteiger charge is -2.34. The zero-order valence-corrected chi connectivity index (χ0v) is 14.1. The third kappa shape index (κ3) is 3.51. The number of hydrogen-bond donors (Lipinski definition) is 2. The minimum atomic E-state index is -4.53. The van der Waals surface area contributed by atoms with Crippen LogP contribution in [0.4, 0.5) is 23.4 Å². The number of halogens is 4. The first-order valence-corrected chi connectivity index (χ1v) is 8.14. The monoisotopic (exact) mass is 370 g/mol. The van der Waals surface area contributed by atoms with Gasteiger partial charge in [-0.15, -0.1) is 0 Å². The largest absolute Gasteiger partial charge is 0.410 e. The molecule has 0 saturated heterocycles.